The van der Waals surface area contributed by atoms with E-state index < -0.39 is 11.4 Å². The van der Waals surface area contributed by atoms with E-state index in [1.54, 1.807) is 0 Å². The molecule has 246 valence electrons. The highest BCUT2D eigenvalue weighted by Crippen LogP contribution is 2.74. The minimum absolute atomic E-state index is 0.0531. The molecule has 1 heterocycles. The van der Waals surface area contributed by atoms with E-state index in [0.29, 0.717) is 25.3 Å². The van der Waals surface area contributed by atoms with Crippen molar-refractivity contribution in [2.45, 2.75) is 105 Å². The van der Waals surface area contributed by atoms with Crippen LogP contribution in [0.15, 0.2) is 11.6 Å². The van der Waals surface area contributed by atoms with Crippen LogP contribution in [-0.2, 0) is 19.1 Å². The van der Waals surface area contributed by atoms with Crippen LogP contribution in [0.3, 0.4) is 0 Å². The minimum Gasteiger partial charge on any atom is -0.481 e. The number of nitrogens with one attached hydrogen (secondary N) is 1. The van der Waals surface area contributed by atoms with Gasteiger partial charge in [0.1, 0.15) is 6.10 Å². The molecule has 3 unspecified atom stereocenters. The summed E-state index contributed by atoms with van der Waals surface area (Å²) < 4.78 is 11.5. The smallest absolute Gasteiger partial charge is 0.407 e. The third-order valence-corrected chi connectivity index (χ3v) is 14.7. The van der Waals surface area contributed by atoms with Gasteiger partial charge in [0.05, 0.1) is 18.6 Å². The van der Waals surface area contributed by atoms with Gasteiger partial charge in [0.15, 0.2) is 5.78 Å². The number of morpholine rings is 1. The number of fused-ring (bicyclic) bond motifs is 7. The average molecular weight is 613 g/mol. The highest BCUT2D eigenvalue weighted by atomic mass is 16.6. The van der Waals surface area contributed by atoms with Crippen LogP contribution in [0, 0.1) is 50.7 Å². The van der Waals surface area contributed by atoms with Gasteiger partial charge in [-0.05, 0) is 110 Å². The average Bonchev–Trinajstić information content (AvgIpc) is 2.97. The fourth-order valence-electron chi connectivity index (χ4n) is 11.4. The number of aliphatic carboxylic acids is 1. The van der Waals surface area contributed by atoms with Gasteiger partial charge in [-0.3, -0.25) is 14.5 Å². The molecule has 0 bridgehead atoms. The second-order valence-corrected chi connectivity index (χ2v) is 16.8. The second kappa shape index (κ2) is 11.1. The normalized spacial score (nSPS) is 47.3. The number of ether oxygens (including phenoxy) is 2. The fraction of sp³-hybridized carbons (Fsp3) is 0.861. The fourth-order valence-corrected chi connectivity index (χ4v) is 11.4. The number of carbonyl (C=O) groups is 3. The van der Waals surface area contributed by atoms with E-state index >= 15 is 0 Å². The molecule has 5 fully saturated rings. The van der Waals surface area contributed by atoms with Gasteiger partial charge in [-0.1, -0.05) is 40.2 Å². The molecule has 1 saturated heterocycles. The van der Waals surface area contributed by atoms with Crippen molar-refractivity contribution >= 4 is 17.8 Å². The van der Waals surface area contributed by atoms with E-state index in [4.69, 9.17) is 9.47 Å². The van der Waals surface area contributed by atoms with E-state index in [0.717, 1.165) is 77.8 Å². The summed E-state index contributed by atoms with van der Waals surface area (Å²) in [6.45, 7) is 18.3. The summed E-state index contributed by atoms with van der Waals surface area (Å²) in [6, 6.07) is 0. The molecule has 1 amide bonds. The van der Waals surface area contributed by atoms with Crippen LogP contribution in [0.25, 0.3) is 0 Å². The molecule has 0 aromatic heterocycles. The summed E-state index contributed by atoms with van der Waals surface area (Å²) in [5.74, 6) is 0.0949. The minimum atomic E-state index is -0.740. The number of allylic oxidation sites excluding steroid dienone is 2. The predicted octanol–water partition coefficient (Wildman–Crippen LogP) is 6.09. The molecule has 8 heteroatoms. The molecule has 8 nitrogen and oxygen atoms in total. The first-order valence-electron chi connectivity index (χ1n) is 17.4. The Morgan fingerprint density at radius 2 is 1.73 bits per heavy atom. The summed E-state index contributed by atoms with van der Waals surface area (Å²) in [5, 5.41) is 13.1. The first-order chi connectivity index (χ1) is 20.7. The maximum atomic E-state index is 14.5. The van der Waals surface area contributed by atoms with Crippen LogP contribution in [0.1, 0.15) is 99.3 Å². The van der Waals surface area contributed by atoms with Crippen molar-refractivity contribution < 1.29 is 29.0 Å². The number of rotatable bonds is 5. The zero-order valence-corrected chi connectivity index (χ0v) is 28.0. The Balaban J connectivity index is 1.20. The Kier molecular flexibility index (Phi) is 8.08. The SMILES string of the molecule is CC1C2CC[C@]3(C)C(C(=O)C=C4[C@@H]5C[C@@](C)(C(=O)O)CC[C@]5(C)CC[C@]43C)[C@@]2(C)CC[C@@H]1OC(=O)NCCN1CCOCC1. The van der Waals surface area contributed by atoms with Crippen LogP contribution >= 0.6 is 0 Å². The Morgan fingerprint density at radius 1 is 1.02 bits per heavy atom. The molecule has 0 aromatic rings. The van der Waals surface area contributed by atoms with Gasteiger partial charge in [0, 0.05) is 32.1 Å². The molecule has 1 aliphatic heterocycles. The Morgan fingerprint density at radius 3 is 2.43 bits per heavy atom. The van der Waals surface area contributed by atoms with Gasteiger partial charge in [0.2, 0.25) is 0 Å². The lowest BCUT2D eigenvalue weighted by Gasteiger charge is -2.69. The lowest BCUT2D eigenvalue weighted by molar-refractivity contribution is -0.185. The number of carboxylic acids is 1. The second-order valence-electron chi connectivity index (χ2n) is 16.8. The number of hydrogen-bond donors (Lipinski definition) is 2. The van der Waals surface area contributed by atoms with E-state index in [1.165, 1.54) is 5.57 Å². The van der Waals surface area contributed by atoms with Crippen LogP contribution in [0.2, 0.25) is 0 Å². The van der Waals surface area contributed by atoms with Gasteiger partial charge < -0.3 is 19.9 Å². The Hall–Kier alpha value is -1.93. The molecular formula is C36H56N2O6. The number of nitrogens with zero attached hydrogens (tertiary/aromatic N) is 1. The molecular weight excluding hydrogens is 556 g/mol. The molecule has 2 N–H and O–H groups in total. The largest absolute Gasteiger partial charge is 0.481 e. The van der Waals surface area contributed by atoms with E-state index in [2.05, 4.69) is 44.8 Å². The molecule has 0 radical (unpaired) electrons. The first-order valence-corrected chi connectivity index (χ1v) is 17.4. The number of amides is 1. The number of ketones is 1. The van der Waals surface area contributed by atoms with E-state index in [1.807, 2.05) is 13.0 Å². The summed E-state index contributed by atoms with van der Waals surface area (Å²) in [6.07, 6.45) is 9.56. The third-order valence-electron chi connectivity index (χ3n) is 14.7. The van der Waals surface area contributed by atoms with Crippen molar-refractivity contribution in [2.75, 3.05) is 39.4 Å². The standard InChI is InChI=1S/C36H56N2O6/c1-23-24-7-10-36(6)29(34(24,4)9-8-28(23)44-31(42)37-15-16-38-17-19-43-20-18-38)27(39)21-25-26-22-33(3,30(40)41)12-11-32(26,2)13-14-35(25,36)5/h21,23-24,26,28-29H,7-20,22H2,1-6H3,(H,37,42)(H,40,41)/t23?,24?,26-,28-,29?,32+,33-,34-,35+,36+/m0/s1. The van der Waals surface area contributed by atoms with Crippen molar-refractivity contribution in [3.63, 3.8) is 0 Å². The molecule has 0 spiro atoms. The van der Waals surface area contributed by atoms with Crippen molar-refractivity contribution in [1.29, 1.82) is 0 Å². The summed E-state index contributed by atoms with van der Waals surface area (Å²) >= 11 is 0. The van der Waals surface area contributed by atoms with E-state index in [-0.39, 0.29) is 57.4 Å². The van der Waals surface area contributed by atoms with E-state index in [9.17, 15) is 19.5 Å². The number of hydrogen-bond acceptors (Lipinski definition) is 6. The van der Waals surface area contributed by atoms with Gasteiger partial charge >= 0.3 is 12.1 Å². The van der Waals surface area contributed by atoms with Crippen molar-refractivity contribution in [2.24, 2.45) is 50.7 Å². The van der Waals surface area contributed by atoms with Gasteiger partial charge in [-0.25, -0.2) is 4.79 Å². The predicted molar refractivity (Wildman–Crippen MR) is 168 cm³/mol. The summed E-state index contributed by atoms with van der Waals surface area (Å²) in [7, 11) is 0. The molecule has 10 atom stereocenters. The molecule has 44 heavy (non-hydrogen) atoms. The molecule has 6 rings (SSSR count). The van der Waals surface area contributed by atoms with Gasteiger partial charge in [-0.2, -0.15) is 0 Å². The zero-order valence-electron chi connectivity index (χ0n) is 28.0. The zero-order chi connectivity index (χ0) is 31.7. The summed E-state index contributed by atoms with van der Waals surface area (Å²) in [5.41, 5.74) is 0.0976. The Labute approximate surface area is 264 Å². The summed E-state index contributed by atoms with van der Waals surface area (Å²) in [4.78, 5) is 42.0. The maximum absolute atomic E-state index is 14.5. The number of alkyl carbamates (subject to hydrolysis) is 1. The number of carbonyl (C=O) groups excluding carboxylic acids is 2. The molecule has 6 aliphatic rings. The van der Waals surface area contributed by atoms with Crippen LogP contribution in [-0.4, -0.2) is 73.3 Å². The molecule has 0 aromatic carbocycles. The highest BCUT2D eigenvalue weighted by Gasteiger charge is 2.69. The monoisotopic (exact) mass is 612 g/mol. The van der Waals surface area contributed by atoms with Crippen LogP contribution < -0.4 is 5.32 Å². The highest BCUT2D eigenvalue weighted by molar-refractivity contribution is 5.95. The Bertz CT molecular complexity index is 1210. The van der Waals surface area contributed by atoms with Crippen LogP contribution in [0.4, 0.5) is 4.79 Å². The van der Waals surface area contributed by atoms with Crippen LogP contribution in [0.5, 0.6) is 0 Å². The maximum Gasteiger partial charge on any atom is 0.407 e. The van der Waals surface area contributed by atoms with Gasteiger partial charge in [-0.15, -0.1) is 0 Å². The third kappa shape index (κ3) is 4.87. The molecule has 5 aliphatic carbocycles. The molecule has 4 saturated carbocycles. The van der Waals surface area contributed by atoms with Crippen molar-refractivity contribution in [3.8, 4) is 0 Å². The van der Waals surface area contributed by atoms with Gasteiger partial charge in [0.25, 0.3) is 0 Å². The number of carboxylic acid groups (broad SMARTS) is 1. The quantitative estimate of drug-likeness (QED) is 0.387. The lowest BCUT2D eigenvalue weighted by Crippen LogP contribution is -2.65. The van der Waals surface area contributed by atoms with Crippen molar-refractivity contribution in [1.82, 2.24) is 10.2 Å². The lowest BCUT2D eigenvalue weighted by atomic mass is 9.34. The first kappa shape index (κ1) is 32.0. The topological polar surface area (TPSA) is 105 Å². The van der Waals surface area contributed by atoms with Crippen molar-refractivity contribution in [3.05, 3.63) is 11.6 Å².